The molecule has 0 unspecified atom stereocenters. The van der Waals surface area contributed by atoms with Crippen LogP contribution in [0.5, 0.6) is 0 Å². The van der Waals surface area contributed by atoms with Crippen molar-refractivity contribution < 1.29 is 20.8 Å². The van der Waals surface area contributed by atoms with Crippen molar-refractivity contribution in [3.05, 3.63) is 144 Å². The Morgan fingerprint density at radius 3 is 1.35 bits per heavy atom. The third kappa shape index (κ3) is 5.42. The van der Waals surface area contributed by atoms with Crippen molar-refractivity contribution in [2.75, 3.05) is 0 Å². The molecule has 0 bridgehead atoms. The fraction of sp³-hybridized carbons (Fsp3) is 0.143. The minimum atomic E-state index is -0.826. The molecule has 4 aliphatic rings. The van der Waals surface area contributed by atoms with Crippen LogP contribution in [0.15, 0.2) is 72.9 Å². The summed E-state index contributed by atoms with van der Waals surface area (Å²) in [4.78, 5) is 0. The number of hydrogen-bond acceptors (Lipinski definition) is 0. The first kappa shape index (κ1) is 23.8. The van der Waals surface area contributed by atoms with E-state index in [4.69, 9.17) is 17.0 Å². The van der Waals surface area contributed by atoms with Crippen molar-refractivity contribution in [2.45, 2.75) is 26.7 Å². The van der Waals surface area contributed by atoms with E-state index in [-0.39, 0.29) is 0 Å². The maximum atomic E-state index is 4.93. The Morgan fingerprint density at radius 1 is 0.613 bits per heavy atom. The van der Waals surface area contributed by atoms with E-state index < -0.39 is 20.8 Å². The zero-order chi connectivity index (χ0) is 21.8. The van der Waals surface area contributed by atoms with Crippen LogP contribution in [0, 0.1) is 60.2 Å². The van der Waals surface area contributed by atoms with Gasteiger partial charge in [0.2, 0.25) is 0 Å². The summed E-state index contributed by atoms with van der Waals surface area (Å²) >= 11 is -0.826. The number of rotatable bonds is 4. The molecule has 0 atom stereocenters. The molecule has 2 saturated carbocycles. The second-order valence-corrected chi connectivity index (χ2v) is 11.7. The Morgan fingerprint density at radius 2 is 0.968 bits per heavy atom. The summed E-state index contributed by atoms with van der Waals surface area (Å²) in [6.45, 7) is 4.44. The molecule has 0 heterocycles. The summed E-state index contributed by atoms with van der Waals surface area (Å²) in [5.41, 5.74) is 2.86. The maximum absolute atomic E-state index is 4.93. The molecule has 2 fully saturated rings. The van der Waals surface area contributed by atoms with Gasteiger partial charge in [0, 0.05) is 23.7 Å². The van der Waals surface area contributed by atoms with Crippen LogP contribution in [0.3, 0.4) is 0 Å². The molecule has 1 aromatic rings. The minimum absolute atomic E-state index is 0.826. The van der Waals surface area contributed by atoms with E-state index in [1.54, 1.807) is 0 Å². The van der Waals surface area contributed by atoms with Crippen LogP contribution in [0.2, 0.25) is 0 Å². The van der Waals surface area contributed by atoms with Gasteiger partial charge < -0.3 is 0 Å². The summed E-state index contributed by atoms with van der Waals surface area (Å²) < 4.78 is 0. The monoisotopic (exact) mass is 520 g/mol. The zero-order valence-electron chi connectivity index (χ0n) is 17.8. The van der Waals surface area contributed by atoms with Gasteiger partial charge in [-0.05, 0) is 60.5 Å². The molecule has 5 rings (SSSR count). The van der Waals surface area contributed by atoms with Gasteiger partial charge in [0.05, 0.1) is 0 Å². The van der Waals surface area contributed by atoms with Crippen molar-refractivity contribution in [1.29, 1.82) is 0 Å². The van der Waals surface area contributed by atoms with Crippen molar-refractivity contribution in [1.82, 2.24) is 0 Å². The molecule has 4 aliphatic carbocycles. The summed E-state index contributed by atoms with van der Waals surface area (Å²) in [6.07, 6.45) is 24.3. The van der Waals surface area contributed by atoms with Crippen LogP contribution in [-0.2, 0) is 33.7 Å². The van der Waals surface area contributed by atoms with Gasteiger partial charge in [0.1, 0.15) is 0 Å². The molecule has 0 spiro atoms. The summed E-state index contributed by atoms with van der Waals surface area (Å²) in [6, 6.07) is 8.94. The molecule has 0 nitrogen and oxygen atoms in total. The number of halogens is 2. The quantitative estimate of drug-likeness (QED) is 0.385. The average Bonchev–Trinajstić information content (AvgIpc) is 3.27. The Hall–Kier alpha value is -0.357. The van der Waals surface area contributed by atoms with Crippen LogP contribution in [0.1, 0.15) is 25.0 Å². The van der Waals surface area contributed by atoms with Crippen LogP contribution in [0.25, 0.3) is 0 Å². The molecule has 0 aromatic heterocycles. The normalized spacial score (nSPS) is 23.1. The van der Waals surface area contributed by atoms with Gasteiger partial charge in [0.15, 0.2) is 0 Å². The first-order valence-corrected chi connectivity index (χ1v) is 16.8. The van der Waals surface area contributed by atoms with Gasteiger partial charge in [-0.3, -0.25) is 0 Å². The molecule has 1 aromatic carbocycles. The summed E-state index contributed by atoms with van der Waals surface area (Å²) in [7, 11) is 9.87. The predicted molar refractivity (Wildman–Crippen MR) is 128 cm³/mol. The zero-order valence-corrected chi connectivity index (χ0v) is 21.7. The molecular weight excluding hydrogens is 498 g/mol. The Balaban J connectivity index is 0.000000730. The van der Waals surface area contributed by atoms with Crippen LogP contribution < -0.4 is 0 Å². The fourth-order valence-corrected chi connectivity index (χ4v) is 4.65. The number of fused-ring (bicyclic) bond motifs is 2. The number of hydrogen-bond donors (Lipinski definition) is 0. The second-order valence-electron chi connectivity index (χ2n) is 7.99. The van der Waals surface area contributed by atoms with E-state index in [1.165, 1.54) is 58.5 Å². The molecule has 10 radical (unpaired) electrons. The van der Waals surface area contributed by atoms with E-state index in [1.807, 2.05) is 0 Å². The second kappa shape index (κ2) is 11.2. The molecule has 31 heavy (non-hydrogen) atoms. The Labute approximate surface area is 207 Å². The topological polar surface area (TPSA) is 0 Å². The van der Waals surface area contributed by atoms with E-state index in [0.29, 0.717) is 0 Å². The third-order valence-electron chi connectivity index (χ3n) is 6.06. The van der Waals surface area contributed by atoms with Gasteiger partial charge in [-0.25, -0.2) is 0 Å². The molecule has 0 aliphatic heterocycles. The molecule has 0 amide bonds. The Kier molecular flexibility index (Phi) is 8.58. The van der Waals surface area contributed by atoms with Gasteiger partial charge in [-0.1, -0.05) is 86.7 Å². The molecule has 3 heteroatoms. The van der Waals surface area contributed by atoms with E-state index in [0.717, 1.165) is 12.8 Å². The van der Waals surface area contributed by atoms with Crippen molar-refractivity contribution in [3.63, 3.8) is 0 Å². The SMILES string of the molecule is C[C]1[CH][C](Cc2ccccc2C[C]2[CH][C](C)[C]3C=CC=C[C]23)[C]2C=CC=C[C]12.[Cl][Zr+2][Cl]. The number of allylic oxidation sites excluding steroid dienone is 8. The molecule has 0 N–H and O–H groups in total. The van der Waals surface area contributed by atoms with Crippen molar-refractivity contribution in [3.8, 4) is 0 Å². The van der Waals surface area contributed by atoms with E-state index in [9.17, 15) is 0 Å². The van der Waals surface area contributed by atoms with E-state index in [2.05, 4.69) is 99.6 Å². The average molecular weight is 523 g/mol. The summed E-state index contributed by atoms with van der Waals surface area (Å²) in [5, 5.41) is 0. The standard InChI is InChI=1S/C28H24.2ClH.Zr/c1-19-15-23(27-13-7-5-11-25(19)27)17-21-9-3-4-10-22(21)18-24-16-20(2)26-12-6-8-14-28(24)26;;;/h3-16H,17-18H2,1-2H3;2*1H;/q;;;+4/p-2. The van der Waals surface area contributed by atoms with Gasteiger partial charge in [-0.15, -0.1) is 0 Å². The van der Waals surface area contributed by atoms with Crippen LogP contribution in [-0.4, -0.2) is 0 Å². The van der Waals surface area contributed by atoms with Crippen LogP contribution in [0.4, 0.5) is 0 Å². The fourth-order valence-electron chi connectivity index (χ4n) is 4.65. The van der Waals surface area contributed by atoms with Gasteiger partial charge in [0.25, 0.3) is 0 Å². The van der Waals surface area contributed by atoms with Crippen molar-refractivity contribution in [2.24, 2.45) is 0 Å². The molecule has 152 valence electrons. The van der Waals surface area contributed by atoms with E-state index >= 15 is 0 Å². The first-order valence-electron chi connectivity index (χ1n) is 10.4. The number of benzene rings is 1. The third-order valence-corrected chi connectivity index (χ3v) is 6.06. The van der Waals surface area contributed by atoms with Gasteiger partial charge in [-0.2, -0.15) is 0 Å². The predicted octanol–water partition coefficient (Wildman–Crippen LogP) is 7.47. The Bertz CT molecular complexity index is 785. The first-order chi connectivity index (χ1) is 15.1. The molecular formula is C28H24Cl2Zr+2. The van der Waals surface area contributed by atoms with Crippen molar-refractivity contribution >= 4 is 17.0 Å². The molecule has 0 saturated heterocycles. The van der Waals surface area contributed by atoms with Gasteiger partial charge >= 0.3 is 37.9 Å². The van der Waals surface area contributed by atoms with Crippen LogP contribution >= 0.6 is 17.0 Å². The summed E-state index contributed by atoms with van der Waals surface area (Å²) in [5.74, 6) is 11.2.